The van der Waals surface area contributed by atoms with Crippen molar-refractivity contribution in [1.82, 2.24) is 0 Å². The predicted molar refractivity (Wildman–Crippen MR) is 80.8 cm³/mol. The zero-order valence-electron chi connectivity index (χ0n) is 11.9. The molecule has 1 heterocycles. The van der Waals surface area contributed by atoms with Gasteiger partial charge in [-0.05, 0) is 49.8 Å². The van der Waals surface area contributed by atoms with Crippen LogP contribution in [0.2, 0.25) is 0 Å². The standard InChI is InChI=1S/C17H23NO/c1-13-5-7-15(8-6-13)18-11-3-4-14-12-16(19-2)9-10-17(14)18/h3-4,9-10,12-13,15H,5-8,11H2,1-2H3. The van der Waals surface area contributed by atoms with Gasteiger partial charge in [-0.25, -0.2) is 0 Å². The Bertz CT molecular complexity index is 472. The lowest BCUT2D eigenvalue weighted by Gasteiger charge is -2.39. The van der Waals surface area contributed by atoms with Gasteiger partial charge in [-0.15, -0.1) is 0 Å². The Morgan fingerprint density at radius 2 is 1.95 bits per heavy atom. The van der Waals surface area contributed by atoms with Gasteiger partial charge in [0.15, 0.2) is 0 Å². The minimum Gasteiger partial charge on any atom is -0.497 e. The van der Waals surface area contributed by atoms with Gasteiger partial charge in [-0.3, -0.25) is 0 Å². The van der Waals surface area contributed by atoms with Gasteiger partial charge < -0.3 is 9.64 Å². The van der Waals surface area contributed by atoms with Crippen molar-refractivity contribution in [2.24, 2.45) is 5.92 Å². The van der Waals surface area contributed by atoms with Crippen LogP contribution in [0.3, 0.4) is 0 Å². The maximum absolute atomic E-state index is 5.32. The van der Waals surface area contributed by atoms with Crippen LogP contribution >= 0.6 is 0 Å². The second-order valence-corrected chi connectivity index (χ2v) is 5.89. The monoisotopic (exact) mass is 257 g/mol. The third-order valence-electron chi connectivity index (χ3n) is 4.57. The predicted octanol–water partition coefficient (Wildman–Crippen LogP) is 4.11. The van der Waals surface area contributed by atoms with E-state index in [2.05, 4.69) is 42.2 Å². The normalized spacial score (nSPS) is 26.1. The molecular weight excluding hydrogens is 234 g/mol. The highest BCUT2D eigenvalue weighted by Gasteiger charge is 2.26. The lowest BCUT2D eigenvalue weighted by atomic mass is 9.86. The summed E-state index contributed by atoms with van der Waals surface area (Å²) in [5.41, 5.74) is 2.67. The summed E-state index contributed by atoms with van der Waals surface area (Å²) in [5.74, 6) is 1.86. The minimum atomic E-state index is 0.716. The van der Waals surface area contributed by atoms with Crippen LogP contribution in [0.1, 0.15) is 38.2 Å². The molecule has 3 rings (SSSR count). The van der Waals surface area contributed by atoms with Gasteiger partial charge in [0.1, 0.15) is 5.75 Å². The van der Waals surface area contributed by atoms with E-state index >= 15 is 0 Å². The maximum Gasteiger partial charge on any atom is 0.119 e. The van der Waals surface area contributed by atoms with E-state index in [4.69, 9.17) is 4.74 Å². The largest absolute Gasteiger partial charge is 0.497 e. The van der Waals surface area contributed by atoms with Crippen LogP contribution in [0.5, 0.6) is 5.75 Å². The number of nitrogens with zero attached hydrogens (tertiary/aromatic N) is 1. The van der Waals surface area contributed by atoms with Crippen molar-refractivity contribution in [2.75, 3.05) is 18.6 Å². The first-order valence-corrected chi connectivity index (χ1v) is 7.39. The van der Waals surface area contributed by atoms with E-state index < -0.39 is 0 Å². The average molecular weight is 257 g/mol. The molecule has 2 aliphatic rings. The molecule has 1 aliphatic heterocycles. The van der Waals surface area contributed by atoms with E-state index in [1.807, 2.05) is 0 Å². The molecule has 0 unspecified atom stereocenters. The van der Waals surface area contributed by atoms with Crippen LogP contribution in [-0.2, 0) is 0 Å². The van der Waals surface area contributed by atoms with Gasteiger partial charge >= 0.3 is 0 Å². The third kappa shape index (κ3) is 2.49. The van der Waals surface area contributed by atoms with Crippen LogP contribution in [0.15, 0.2) is 24.3 Å². The fourth-order valence-electron chi connectivity index (χ4n) is 3.35. The van der Waals surface area contributed by atoms with Crippen molar-refractivity contribution in [1.29, 1.82) is 0 Å². The Morgan fingerprint density at radius 1 is 1.16 bits per heavy atom. The topological polar surface area (TPSA) is 12.5 Å². The molecule has 0 atom stereocenters. The fourth-order valence-corrected chi connectivity index (χ4v) is 3.35. The third-order valence-corrected chi connectivity index (χ3v) is 4.57. The second kappa shape index (κ2) is 5.28. The van der Waals surface area contributed by atoms with Crippen LogP contribution in [-0.4, -0.2) is 19.7 Å². The first-order valence-electron chi connectivity index (χ1n) is 7.39. The van der Waals surface area contributed by atoms with E-state index in [-0.39, 0.29) is 0 Å². The van der Waals surface area contributed by atoms with Crippen molar-refractivity contribution in [2.45, 2.75) is 38.6 Å². The molecule has 0 spiro atoms. The summed E-state index contributed by atoms with van der Waals surface area (Å²) in [6.07, 6.45) is 9.91. The van der Waals surface area contributed by atoms with Gasteiger partial charge in [-0.2, -0.15) is 0 Å². The molecule has 0 aromatic heterocycles. The summed E-state index contributed by atoms with van der Waals surface area (Å²) in [7, 11) is 1.73. The first-order chi connectivity index (χ1) is 9.28. The molecule has 0 amide bonds. The molecule has 1 aliphatic carbocycles. The molecule has 0 radical (unpaired) electrons. The van der Waals surface area contributed by atoms with E-state index in [1.54, 1.807) is 7.11 Å². The molecule has 2 nitrogen and oxygen atoms in total. The first kappa shape index (κ1) is 12.6. The molecule has 19 heavy (non-hydrogen) atoms. The zero-order chi connectivity index (χ0) is 13.2. The second-order valence-electron chi connectivity index (χ2n) is 5.89. The summed E-state index contributed by atoms with van der Waals surface area (Å²) >= 11 is 0. The Labute approximate surface area is 116 Å². The van der Waals surface area contributed by atoms with E-state index in [1.165, 1.54) is 36.9 Å². The van der Waals surface area contributed by atoms with Gasteiger partial charge in [0.05, 0.1) is 7.11 Å². The number of benzene rings is 1. The number of rotatable bonds is 2. The smallest absolute Gasteiger partial charge is 0.119 e. The average Bonchev–Trinajstić information content (AvgIpc) is 2.47. The number of ether oxygens (including phenoxy) is 1. The molecule has 1 fully saturated rings. The molecule has 1 aromatic rings. The summed E-state index contributed by atoms with van der Waals surface area (Å²) < 4.78 is 5.32. The number of hydrogen-bond acceptors (Lipinski definition) is 2. The lowest BCUT2D eigenvalue weighted by molar-refractivity contribution is 0.337. The highest BCUT2D eigenvalue weighted by atomic mass is 16.5. The zero-order valence-corrected chi connectivity index (χ0v) is 11.9. The number of methoxy groups -OCH3 is 1. The molecule has 0 N–H and O–H groups in total. The SMILES string of the molecule is COc1ccc2c(c1)C=CCN2C1CCC(C)CC1. The highest BCUT2D eigenvalue weighted by Crippen LogP contribution is 2.35. The Hall–Kier alpha value is -1.44. The molecular formula is C17H23NO. The van der Waals surface area contributed by atoms with Crippen LogP contribution in [0.4, 0.5) is 5.69 Å². The molecule has 1 saturated carbocycles. The van der Waals surface area contributed by atoms with Crippen LogP contribution in [0, 0.1) is 5.92 Å². The van der Waals surface area contributed by atoms with Crippen LogP contribution in [0.25, 0.3) is 6.08 Å². The quantitative estimate of drug-likeness (QED) is 0.790. The van der Waals surface area contributed by atoms with E-state index in [9.17, 15) is 0 Å². The van der Waals surface area contributed by atoms with Crippen molar-refractivity contribution in [3.8, 4) is 5.75 Å². The maximum atomic E-state index is 5.32. The molecule has 0 saturated heterocycles. The van der Waals surface area contributed by atoms with Crippen molar-refractivity contribution < 1.29 is 4.74 Å². The Kier molecular flexibility index (Phi) is 3.50. The number of hydrogen-bond donors (Lipinski definition) is 0. The van der Waals surface area contributed by atoms with Gasteiger partial charge in [-0.1, -0.05) is 19.1 Å². The minimum absolute atomic E-state index is 0.716. The lowest BCUT2D eigenvalue weighted by Crippen LogP contribution is -2.39. The van der Waals surface area contributed by atoms with Crippen molar-refractivity contribution in [3.63, 3.8) is 0 Å². The summed E-state index contributed by atoms with van der Waals surface area (Å²) in [5, 5.41) is 0. The summed E-state index contributed by atoms with van der Waals surface area (Å²) in [6, 6.07) is 7.16. The number of fused-ring (bicyclic) bond motifs is 1. The van der Waals surface area contributed by atoms with Gasteiger partial charge in [0.25, 0.3) is 0 Å². The molecule has 102 valence electrons. The molecule has 2 heteroatoms. The Morgan fingerprint density at radius 3 is 2.68 bits per heavy atom. The molecule has 1 aromatic carbocycles. The molecule has 0 bridgehead atoms. The van der Waals surface area contributed by atoms with Crippen molar-refractivity contribution >= 4 is 11.8 Å². The summed E-state index contributed by atoms with van der Waals surface area (Å²) in [4.78, 5) is 2.58. The fraction of sp³-hybridized carbons (Fsp3) is 0.529. The van der Waals surface area contributed by atoms with Gasteiger partial charge in [0, 0.05) is 23.8 Å². The summed E-state index contributed by atoms with van der Waals surface area (Å²) in [6.45, 7) is 3.43. The number of anilines is 1. The Balaban J connectivity index is 1.84. The van der Waals surface area contributed by atoms with Crippen LogP contribution < -0.4 is 9.64 Å². The van der Waals surface area contributed by atoms with E-state index in [0.29, 0.717) is 6.04 Å². The van der Waals surface area contributed by atoms with Gasteiger partial charge in [0.2, 0.25) is 0 Å². The highest BCUT2D eigenvalue weighted by molar-refractivity contribution is 5.73. The van der Waals surface area contributed by atoms with E-state index in [0.717, 1.165) is 18.2 Å². The van der Waals surface area contributed by atoms with Crippen molar-refractivity contribution in [3.05, 3.63) is 29.8 Å².